The SMILES string of the molecule is Cc1cc(OCCCC2CCN(c3nc(C(F)F)no3)CC2)ccc1C(=O)CCC(C)(C)CN. The molecule has 2 aromatic rings. The molecule has 3 rings (SSSR count). The van der Waals surface area contributed by atoms with Gasteiger partial charge in [-0.1, -0.05) is 19.0 Å². The molecule has 1 aliphatic heterocycles. The van der Waals surface area contributed by atoms with Gasteiger partial charge < -0.3 is 19.9 Å². The summed E-state index contributed by atoms with van der Waals surface area (Å²) in [5, 5.41) is 3.33. The molecule has 2 N–H and O–H groups in total. The Morgan fingerprint density at radius 2 is 2.06 bits per heavy atom. The van der Waals surface area contributed by atoms with E-state index >= 15 is 0 Å². The first-order chi connectivity index (χ1) is 16.2. The Hall–Kier alpha value is -2.55. The molecule has 0 aliphatic carbocycles. The molecule has 1 aliphatic rings. The van der Waals surface area contributed by atoms with E-state index in [9.17, 15) is 13.6 Å². The highest BCUT2D eigenvalue weighted by atomic mass is 19.3. The molecule has 0 amide bonds. The quantitative estimate of drug-likeness (QED) is 0.325. The summed E-state index contributed by atoms with van der Waals surface area (Å²) in [6.45, 7) is 8.70. The standard InChI is InChI=1S/C25H36F2N4O3/c1-17-15-19(6-7-20(17)21(32)8-11-25(2,3)16-28)33-14-4-5-18-9-12-31(13-10-18)24-29-23(22(26)27)30-34-24/h6-7,15,18,22H,4-5,8-14,16,28H2,1-3H3. The van der Waals surface area contributed by atoms with Crippen LogP contribution < -0.4 is 15.4 Å². The summed E-state index contributed by atoms with van der Waals surface area (Å²) in [6.07, 6.45) is 2.39. The fraction of sp³-hybridized carbons (Fsp3) is 0.640. The van der Waals surface area contributed by atoms with Crippen LogP contribution in [0.25, 0.3) is 0 Å². The van der Waals surface area contributed by atoms with Gasteiger partial charge in [-0.3, -0.25) is 4.79 Å². The molecule has 188 valence electrons. The van der Waals surface area contributed by atoms with E-state index in [2.05, 4.69) is 24.0 Å². The van der Waals surface area contributed by atoms with E-state index in [1.54, 1.807) is 0 Å². The third-order valence-corrected chi connectivity index (χ3v) is 6.62. The zero-order chi connectivity index (χ0) is 24.7. The van der Waals surface area contributed by atoms with Crippen LogP contribution >= 0.6 is 0 Å². The van der Waals surface area contributed by atoms with Crippen LogP contribution in [0.5, 0.6) is 5.75 Å². The number of nitrogens with two attached hydrogens (primary N) is 1. The summed E-state index contributed by atoms with van der Waals surface area (Å²) >= 11 is 0. The molecule has 0 spiro atoms. The number of halogens is 2. The number of alkyl halides is 2. The molecule has 1 saturated heterocycles. The number of carbonyl (C=O) groups excluding carboxylic acids is 1. The van der Waals surface area contributed by atoms with Gasteiger partial charge >= 0.3 is 12.4 Å². The maximum atomic E-state index is 12.6. The van der Waals surface area contributed by atoms with Crippen LogP contribution in [0.3, 0.4) is 0 Å². The smallest absolute Gasteiger partial charge is 0.324 e. The lowest BCUT2D eigenvalue weighted by Gasteiger charge is -2.30. The molecule has 7 nitrogen and oxygen atoms in total. The summed E-state index contributed by atoms with van der Waals surface area (Å²) < 4.78 is 36.1. The van der Waals surface area contributed by atoms with Gasteiger partial charge in [-0.25, -0.2) is 8.78 Å². The highest BCUT2D eigenvalue weighted by molar-refractivity contribution is 5.97. The van der Waals surface area contributed by atoms with Crippen molar-refractivity contribution in [1.82, 2.24) is 10.1 Å². The fourth-order valence-corrected chi connectivity index (χ4v) is 4.15. The number of ether oxygens (including phenoxy) is 1. The molecule has 1 aromatic carbocycles. The molecule has 0 atom stereocenters. The van der Waals surface area contributed by atoms with Crippen molar-refractivity contribution < 1.29 is 22.8 Å². The number of hydrogen-bond acceptors (Lipinski definition) is 7. The second kappa shape index (κ2) is 11.7. The monoisotopic (exact) mass is 478 g/mol. The minimum Gasteiger partial charge on any atom is -0.494 e. The number of rotatable bonds is 12. The number of piperidine rings is 1. The number of nitrogens with zero attached hydrogens (tertiary/aromatic N) is 3. The normalized spacial score (nSPS) is 15.2. The van der Waals surface area contributed by atoms with Crippen molar-refractivity contribution in [2.24, 2.45) is 17.1 Å². The molecule has 0 bridgehead atoms. The number of anilines is 1. The van der Waals surface area contributed by atoms with Crippen molar-refractivity contribution in [3.05, 3.63) is 35.2 Å². The Kier molecular flexibility index (Phi) is 8.99. The van der Waals surface area contributed by atoms with Crippen molar-refractivity contribution in [3.8, 4) is 5.75 Å². The van der Waals surface area contributed by atoms with Crippen LogP contribution in [0.15, 0.2) is 22.7 Å². The number of aromatic nitrogens is 2. The molecule has 34 heavy (non-hydrogen) atoms. The van der Waals surface area contributed by atoms with E-state index in [0.29, 0.717) is 38.6 Å². The number of aryl methyl sites for hydroxylation is 1. The summed E-state index contributed by atoms with van der Waals surface area (Å²) in [5.74, 6) is 0.912. The Morgan fingerprint density at radius 3 is 2.68 bits per heavy atom. The zero-order valence-electron chi connectivity index (χ0n) is 20.4. The Morgan fingerprint density at radius 1 is 1.32 bits per heavy atom. The lowest BCUT2D eigenvalue weighted by atomic mass is 9.86. The molecular formula is C25H36F2N4O3. The van der Waals surface area contributed by atoms with Gasteiger partial charge in [-0.05, 0) is 80.7 Å². The number of benzene rings is 1. The summed E-state index contributed by atoms with van der Waals surface area (Å²) in [7, 11) is 0. The predicted molar refractivity (Wildman–Crippen MR) is 126 cm³/mol. The number of hydrogen-bond donors (Lipinski definition) is 1. The second-order valence-corrected chi connectivity index (χ2v) is 9.93. The topological polar surface area (TPSA) is 94.5 Å². The number of carbonyl (C=O) groups is 1. The molecule has 1 aromatic heterocycles. The number of Topliss-reactive ketones (excluding diaryl/α,β-unsaturated/α-hetero) is 1. The lowest BCUT2D eigenvalue weighted by molar-refractivity contribution is 0.0964. The van der Waals surface area contributed by atoms with Crippen molar-refractivity contribution in [3.63, 3.8) is 0 Å². The fourth-order valence-electron chi connectivity index (χ4n) is 4.15. The third-order valence-electron chi connectivity index (χ3n) is 6.62. The van der Waals surface area contributed by atoms with Gasteiger partial charge in [0, 0.05) is 25.1 Å². The van der Waals surface area contributed by atoms with Gasteiger partial charge in [0.15, 0.2) is 5.78 Å². The Bertz CT molecular complexity index is 940. The van der Waals surface area contributed by atoms with E-state index < -0.39 is 12.2 Å². The lowest BCUT2D eigenvalue weighted by Crippen LogP contribution is -2.34. The van der Waals surface area contributed by atoms with E-state index in [-0.39, 0.29) is 17.2 Å². The van der Waals surface area contributed by atoms with Crippen LogP contribution in [0.4, 0.5) is 14.8 Å². The van der Waals surface area contributed by atoms with E-state index in [1.165, 1.54) is 0 Å². The maximum absolute atomic E-state index is 12.6. The van der Waals surface area contributed by atoms with Crippen LogP contribution in [0, 0.1) is 18.3 Å². The zero-order valence-corrected chi connectivity index (χ0v) is 20.4. The molecule has 0 radical (unpaired) electrons. The van der Waals surface area contributed by atoms with E-state index in [1.807, 2.05) is 30.0 Å². The first kappa shape index (κ1) is 26.1. The molecule has 9 heteroatoms. The minimum absolute atomic E-state index is 0.0338. The summed E-state index contributed by atoms with van der Waals surface area (Å²) in [6, 6.07) is 5.83. The predicted octanol–water partition coefficient (Wildman–Crippen LogP) is 5.34. The van der Waals surface area contributed by atoms with Crippen molar-refractivity contribution in [2.75, 3.05) is 31.1 Å². The summed E-state index contributed by atoms with van der Waals surface area (Å²) in [4.78, 5) is 18.2. The highest BCUT2D eigenvalue weighted by Crippen LogP contribution is 2.27. The van der Waals surface area contributed by atoms with Gasteiger partial charge in [0.2, 0.25) is 5.82 Å². The molecular weight excluding hydrogens is 442 g/mol. The van der Waals surface area contributed by atoms with E-state index in [0.717, 1.165) is 49.0 Å². The van der Waals surface area contributed by atoms with Gasteiger partial charge in [-0.15, -0.1) is 0 Å². The highest BCUT2D eigenvalue weighted by Gasteiger charge is 2.25. The third kappa shape index (κ3) is 7.22. The average Bonchev–Trinajstić information content (AvgIpc) is 3.32. The van der Waals surface area contributed by atoms with Gasteiger partial charge in [-0.2, -0.15) is 4.98 Å². The summed E-state index contributed by atoms with van der Waals surface area (Å²) in [5.41, 5.74) is 7.40. The van der Waals surface area contributed by atoms with E-state index in [4.69, 9.17) is 15.0 Å². The van der Waals surface area contributed by atoms with Crippen LogP contribution in [0.1, 0.15) is 80.5 Å². The molecule has 0 saturated carbocycles. The van der Waals surface area contributed by atoms with Gasteiger partial charge in [0.1, 0.15) is 5.75 Å². The molecule has 0 unspecified atom stereocenters. The minimum atomic E-state index is -2.72. The average molecular weight is 479 g/mol. The van der Waals surface area contributed by atoms with Crippen LogP contribution in [-0.2, 0) is 0 Å². The van der Waals surface area contributed by atoms with Gasteiger partial charge in [0.25, 0.3) is 0 Å². The van der Waals surface area contributed by atoms with Gasteiger partial charge in [0.05, 0.1) is 6.61 Å². The maximum Gasteiger partial charge on any atom is 0.324 e. The second-order valence-electron chi connectivity index (χ2n) is 9.93. The van der Waals surface area contributed by atoms with Crippen molar-refractivity contribution >= 4 is 11.8 Å². The van der Waals surface area contributed by atoms with Crippen LogP contribution in [-0.4, -0.2) is 42.2 Å². The Labute approximate surface area is 200 Å². The van der Waals surface area contributed by atoms with Crippen LogP contribution in [0.2, 0.25) is 0 Å². The van der Waals surface area contributed by atoms with Crippen molar-refractivity contribution in [2.45, 2.75) is 65.7 Å². The molecule has 1 fully saturated rings. The van der Waals surface area contributed by atoms with Crippen molar-refractivity contribution in [1.29, 1.82) is 0 Å². The number of ketones is 1. The first-order valence-electron chi connectivity index (χ1n) is 12.0. The first-order valence-corrected chi connectivity index (χ1v) is 12.0. The largest absolute Gasteiger partial charge is 0.494 e. The Balaban J connectivity index is 1.37. The molecule has 2 heterocycles.